The molecule has 2 aromatic carbocycles. The van der Waals surface area contributed by atoms with Crippen LogP contribution in [0, 0.1) is 13.8 Å². The van der Waals surface area contributed by atoms with Crippen molar-refractivity contribution in [3.8, 4) is 22.4 Å². The van der Waals surface area contributed by atoms with E-state index in [9.17, 15) is 0 Å². The van der Waals surface area contributed by atoms with Crippen molar-refractivity contribution in [2.24, 2.45) is 0 Å². The molecule has 150 valence electrons. The van der Waals surface area contributed by atoms with Crippen LogP contribution in [0.25, 0.3) is 22.4 Å². The monoisotopic (exact) mass is 384 g/mol. The van der Waals surface area contributed by atoms with E-state index in [2.05, 4.69) is 107 Å². The van der Waals surface area contributed by atoms with Gasteiger partial charge in [-0.3, -0.25) is 0 Å². The van der Waals surface area contributed by atoms with Crippen molar-refractivity contribution in [2.75, 3.05) is 0 Å². The van der Waals surface area contributed by atoms with E-state index >= 15 is 0 Å². The third-order valence-corrected chi connectivity index (χ3v) is 7.82. The fraction of sp³-hybridized carbons (Fsp3) is 0.393. The first kappa shape index (κ1) is 19.9. The Morgan fingerprint density at radius 3 is 2.24 bits per heavy atom. The Hall–Kier alpha value is -2.41. The average Bonchev–Trinajstić information content (AvgIpc) is 2.76. The predicted molar refractivity (Wildman–Crippen MR) is 123 cm³/mol. The Labute approximate surface area is 176 Å². The van der Waals surface area contributed by atoms with E-state index in [1.54, 1.807) is 0 Å². The van der Waals surface area contributed by atoms with Gasteiger partial charge in [0.05, 0.1) is 11.0 Å². The normalized spacial score (nSPS) is 19.5. The first-order valence-corrected chi connectivity index (χ1v) is 11.2. The van der Waals surface area contributed by atoms with Gasteiger partial charge in [-0.05, 0) is 61.6 Å². The molecule has 0 saturated heterocycles. The summed E-state index contributed by atoms with van der Waals surface area (Å²) in [7, 11) is 0. The maximum Gasteiger partial charge on any atom is 0.213 e. The van der Waals surface area contributed by atoms with Crippen LogP contribution in [-0.4, -0.2) is 0 Å². The minimum Gasteiger partial charge on any atom is -0.192 e. The Bertz CT molecular complexity index is 1060. The maximum atomic E-state index is 2.59. The summed E-state index contributed by atoms with van der Waals surface area (Å²) >= 11 is 0. The molecule has 1 nitrogen and oxygen atoms in total. The lowest BCUT2D eigenvalue weighted by molar-refractivity contribution is -0.769. The van der Waals surface area contributed by atoms with Crippen LogP contribution in [0.1, 0.15) is 63.6 Å². The van der Waals surface area contributed by atoms with E-state index in [4.69, 9.17) is 0 Å². The van der Waals surface area contributed by atoms with Crippen LogP contribution in [0.5, 0.6) is 0 Å². The Balaban J connectivity index is 2.04. The third-order valence-electron chi connectivity index (χ3n) is 7.82. The summed E-state index contributed by atoms with van der Waals surface area (Å²) in [4.78, 5) is 0. The van der Waals surface area contributed by atoms with Crippen molar-refractivity contribution in [2.45, 2.75) is 71.8 Å². The summed E-state index contributed by atoms with van der Waals surface area (Å²) in [5, 5.41) is 0. The van der Waals surface area contributed by atoms with Gasteiger partial charge < -0.3 is 0 Å². The number of hydrogen-bond acceptors (Lipinski definition) is 0. The Kier molecular flexibility index (Phi) is 4.89. The van der Waals surface area contributed by atoms with Crippen LogP contribution in [0.2, 0.25) is 0 Å². The van der Waals surface area contributed by atoms with E-state index < -0.39 is 0 Å². The smallest absolute Gasteiger partial charge is 0.192 e. The minimum absolute atomic E-state index is 0.102. The number of aryl methyl sites for hydroxylation is 2. The van der Waals surface area contributed by atoms with Gasteiger partial charge in [-0.1, -0.05) is 56.7 Å². The van der Waals surface area contributed by atoms with Crippen molar-refractivity contribution in [3.05, 3.63) is 77.5 Å². The van der Waals surface area contributed by atoms with E-state index in [0.29, 0.717) is 0 Å². The lowest BCUT2D eigenvalue weighted by Crippen LogP contribution is -2.68. The number of fused-ring (bicyclic) bond motifs is 3. The maximum absolute atomic E-state index is 2.59. The zero-order valence-corrected chi connectivity index (χ0v) is 18.8. The van der Waals surface area contributed by atoms with E-state index in [1.807, 2.05) is 0 Å². The third kappa shape index (κ3) is 2.70. The molecule has 0 N–H and O–H groups in total. The number of aromatic nitrogens is 1. The Morgan fingerprint density at radius 2 is 1.55 bits per heavy atom. The van der Waals surface area contributed by atoms with E-state index in [-0.39, 0.29) is 11.0 Å². The van der Waals surface area contributed by atoms with Crippen LogP contribution < -0.4 is 4.57 Å². The van der Waals surface area contributed by atoms with Gasteiger partial charge in [0.25, 0.3) is 0 Å². The van der Waals surface area contributed by atoms with E-state index in [1.165, 1.54) is 39.1 Å². The summed E-state index contributed by atoms with van der Waals surface area (Å²) in [5.74, 6) is 0. The fourth-order valence-corrected chi connectivity index (χ4v) is 5.89. The molecular weight excluding hydrogens is 350 g/mol. The van der Waals surface area contributed by atoms with Crippen LogP contribution in [-0.2, 0) is 11.0 Å². The molecule has 2 heterocycles. The largest absolute Gasteiger partial charge is 0.213 e. The van der Waals surface area contributed by atoms with Gasteiger partial charge in [-0.15, -0.1) is 0 Å². The number of pyridine rings is 1. The van der Waals surface area contributed by atoms with Crippen LogP contribution in [0.3, 0.4) is 0 Å². The molecule has 4 rings (SSSR count). The van der Waals surface area contributed by atoms with Gasteiger partial charge in [-0.25, -0.2) is 0 Å². The van der Waals surface area contributed by atoms with Gasteiger partial charge in [0, 0.05) is 25.0 Å². The van der Waals surface area contributed by atoms with E-state index in [0.717, 1.165) is 19.3 Å². The molecule has 0 saturated carbocycles. The predicted octanol–water partition coefficient (Wildman–Crippen LogP) is 7.12. The average molecular weight is 385 g/mol. The lowest BCUT2D eigenvalue weighted by atomic mass is 9.58. The Morgan fingerprint density at radius 1 is 0.793 bits per heavy atom. The molecule has 0 radical (unpaired) electrons. The molecule has 0 spiro atoms. The van der Waals surface area contributed by atoms with Crippen molar-refractivity contribution >= 4 is 0 Å². The molecule has 1 aliphatic heterocycles. The first-order chi connectivity index (χ1) is 13.9. The molecule has 29 heavy (non-hydrogen) atoms. The molecule has 1 unspecified atom stereocenters. The molecular formula is C28H34N+. The van der Waals surface area contributed by atoms with Crippen LogP contribution in [0.4, 0.5) is 0 Å². The molecule has 0 fully saturated rings. The molecule has 1 heteroatoms. The van der Waals surface area contributed by atoms with Crippen molar-refractivity contribution in [3.63, 3.8) is 0 Å². The highest BCUT2D eigenvalue weighted by atomic mass is 15.1. The zero-order valence-electron chi connectivity index (χ0n) is 18.8. The van der Waals surface area contributed by atoms with Crippen molar-refractivity contribution in [1.29, 1.82) is 0 Å². The summed E-state index contributed by atoms with van der Waals surface area (Å²) in [5.41, 5.74) is 9.76. The molecule has 0 amide bonds. The second-order valence-corrected chi connectivity index (χ2v) is 8.96. The summed E-state index contributed by atoms with van der Waals surface area (Å²) in [6.45, 7) is 14.0. The zero-order chi connectivity index (χ0) is 20.8. The molecule has 1 aliphatic rings. The van der Waals surface area contributed by atoms with Crippen molar-refractivity contribution < 1.29 is 4.57 Å². The molecule has 0 aliphatic carbocycles. The standard InChI is InChI=1S/C28H34N/c1-7-27(6)25-16-15-22(23-18-20(4)13-14-21(23)5)19-24(25)26-12-10-11-17-29(26)28(27,8-2)9-3/h10-19H,7-9H2,1-6H3/q+1. The molecule has 0 bridgehead atoms. The summed E-state index contributed by atoms with van der Waals surface area (Å²) < 4.78 is 2.59. The second-order valence-electron chi connectivity index (χ2n) is 8.96. The highest BCUT2D eigenvalue weighted by molar-refractivity contribution is 5.76. The van der Waals surface area contributed by atoms with Gasteiger partial charge in [0.2, 0.25) is 5.69 Å². The molecule has 1 atom stereocenters. The number of rotatable bonds is 4. The fourth-order valence-electron chi connectivity index (χ4n) is 5.89. The van der Waals surface area contributed by atoms with Gasteiger partial charge in [0.1, 0.15) is 0 Å². The topological polar surface area (TPSA) is 3.88 Å². The minimum atomic E-state index is 0.102. The second kappa shape index (κ2) is 7.13. The number of benzene rings is 2. The van der Waals surface area contributed by atoms with Gasteiger partial charge in [-0.2, -0.15) is 4.57 Å². The lowest BCUT2D eigenvalue weighted by Gasteiger charge is -2.47. The van der Waals surface area contributed by atoms with Gasteiger partial charge in [0.15, 0.2) is 11.7 Å². The summed E-state index contributed by atoms with van der Waals surface area (Å²) in [6.07, 6.45) is 5.71. The molecule has 3 aromatic rings. The number of nitrogens with zero attached hydrogens (tertiary/aromatic N) is 1. The van der Waals surface area contributed by atoms with Crippen LogP contribution >= 0.6 is 0 Å². The highest BCUT2D eigenvalue weighted by Gasteiger charge is 2.58. The highest BCUT2D eigenvalue weighted by Crippen LogP contribution is 2.51. The quantitative estimate of drug-likeness (QED) is 0.422. The van der Waals surface area contributed by atoms with Gasteiger partial charge >= 0.3 is 0 Å². The van der Waals surface area contributed by atoms with Crippen LogP contribution in [0.15, 0.2) is 60.8 Å². The van der Waals surface area contributed by atoms with Crippen molar-refractivity contribution in [1.82, 2.24) is 0 Å². The number of hydrogen-bond donors (Lipinski definition) is 0. The SMILES string of the molecule is CCC1(C)c2ccc(-c3cc(C)ccc3C)cc2-c2cccc[n+]2C1(CC)CC. The first-order valence-electron chi connectivity index (χ1n) is 11.2. The molecule has 1 aromatic heterocycles. The summed E-state index contributed by atoms with van der Waals surface area (Å²) in [6, 6.07) is 20.7.